The molecule has 8 nitrogen and oxygen atoms in total. The minimum Gasteiger partial charge on any atom is -0.389 e. The summed E-state index contributed by atoms with van der Waals surface area (Å²) in [4.78, 5) is 22.3. The normalized spacial score (nSPS) is 32.2. The van der Waals surface area contributed by atoms with Crippen molar-refractivity contribution in [2.75, 3.05) is 56.3 Å². The van der Waals surface area contributed by atoms with Gasteiger partial charge in [-0.3, -0.25) is 9.69 Å². The van der Waals surface area contributed by atoms with Crippen LogP contribution in [-0.4, -0.2) is 84.6 Å². The maximum atomic E-state index is 12.9. The average Bonchev–Trinajstić information content (AvgIpc) is 3.44. The van der Waals surface area contributed by atoms with Gasteiger partial charge in [0, 0.05) is 62.1 Å². The molecule has 1 saturated carbocycles. The van der Waals surface area contributed by atoms with Crippen molar-refractivity contribution in [3.05, 3.63) is 30.0 Å². The first-order valence-corrected chi connectivity index (χ1v) is 13.4. The van der Waals surface area contributed by atoms with Crippen LogP contribution in [0.25, 0.3) is 10.8 Å². The van der Waals surface area contributed by atoms with Gasteiger partial charge in [-0.25, -0.2) is 4.98 Å². The Morgan fingerprint density at radius 1 is 1.17 bits per heavy atom. The van der Waals surface area contributed by atoms with Gasteiger partial charge < -0.3 is 24.8 Å². The van der Waals surface area contributed by atoms with E-state index in [9.17, 15) is 9.90 Å². The zero-order valence-corrected chi connectivity index (χ0v) is 21.6. The van der Waals surface area contributed by atoms with Crippen LogP contribution in [0.1, 0.15) is 38.7 Å². The Hall–Kier alpha value is -2.26. The molecular weight excluding hydrogens is 456 g/mol. The molecule has 36 heavy (non-hydrogen) atoms. The summed E-state index contributed by atoms with van der Waals surface area (Å²) < 4.78 is 11.1. The molecule has 1 aromatic carbocycles. The lowest BCUT2D eigenvalue weighted by Gasteiger charge is -2.49. The van der Waals surface area contributed by atoms with Crippen LogP contribution >= 0.6 is 0 Å². The van der Waals surface area contributed by atoms with Crippen LogP contribution in [0.5, 0.6) is 0 Å². The molecular formula is C28H38N4O4. The van der Waals surface area contributed by atoms with Gasteiger partial charge in [0.05, 0.1) is 24.9 Å². The number of piperazine rings is 1. The van der Waals surface area contributed by atoms with Crippen molar-refractivity contribution in [2.45, 2.75) is 57.7 Å². The molecule has 1 aromatic heterocycles. The quantitative estimate of drug-likeness (QED) is 0.676. The van der Waals surface area contributed by atoms with Crippen LogP contribution in [0.15, 0.2) is 24.4 Å². The fraction of sp³-hybridized carbons (Fsp3) is 0.643. The van der Waals surface area contributed by atoms with Crippen molar-refractivity contribution >= 4 is 28.2 Å². The van der Waals surface area contributed by atoms with Gasteiger partial charge in [-0.2, -0.15) is 0 Å². The van der Waals surface area contributed by atoms with E-state index in [0.29, 0.717) is 25.1 Å². The second kappa shape index (κ2) is 8.94. The Balaban J connectivity index is 1.18. The molecule has 4 atom stereocenters. The summed E-state index contributed by atoms with van der Waals surface area (Å²) in [5, 5.41) is 15.8. The number of carbonyl (C=O) groups excluding carboxylic acids is 1. The second-order valence-electron chi connectivity index (χ2n) is 11.7. The van der Waals surface area contributed by atoms with E-state index in [1.165, 1.54) is 11.3 Å². The third-order valence-corrected chi connectivity index (χ3v) is 9.29. The zero-order chi connectivity index (χ0) is 25.1. The molecule has 1 amide bonds. The molecule has 4 fully saturated rings. The number of rotatable bonds is 4. The lowest BCUT2D eigenvalue weighted by Crippen LogP contribution is -2.64. The molecule has 2 N–H and O–H groups in total. The predicted molar refractivity (Wildman–Crippen MR) is 139 cm³/mol. The lowest BCUT2D eigenvalue weighted by molar-refractivity contribution is -0.118. The van der Waals surface area contributed by atoms with Crippen LogP contribution in [-0.2, 0) is 14.3 Å². The number of benzene rings is 1. The highest BCUT2D eigenvalue weighted by atomic mass is 16.5. The number of aryl methyl sites for hydroxylation is 1. The molecule has 0 unspecified atom stereocenters. The van der Waals surface area contributed by atoms with Gasteiger partial charge in [0.25, 0.3) is 0 Å². The van der Waals surface area contributed by atoms with Gasteiger partial charge in [0.2, 0.25) is 5.91 Å². The Labute approximate surface area is 212 Å². The van der Waals surface area contributed by atoms with Crippen molar-refractivity contribution in [1.29, 1.82) is 0 Å². The first-order valence-electron chi connectivity index (χ1n) is 13.4. The summed E-state index contributed by atoms with van der Waals surface area (Å²) in [6.07, 6.45) is 4.34. The first kappa shape index (κ1) is 24.1. The highest BCUT2D eigenvalue weighted by molar-refractivity contribution is 5.97. The van der Waals surface area contributed by atoms with Crippen molar-refractivity contribution in [3.63, 3.8) is 0 Å². The fourth-order valence-electron chi connectivity index (χ4n) is 6.83. The van der Waals surface area contributed by atoms with Crippen LogP contribution in [0.4, 0.5) is 11.5 Å². The van der Waals surface area contributed by atoms with Crippen LogP contribution in [0.3, 0.4) is 0 Å². The van der Waals surface area contributed by atoms with Crippen molar-refractivity contribution in [2.24, 2.45) is 11.3 Å². The number of aromatic nitrogens is 1. The number of nitrogens with zero attached hydrogens (tertiary/aromatic N) is 3. The fourth-order valence-corrected chi connectivity index (χ4v) is 6.83. The van der Waals surface area contributed by atoms with Crippen LogP contribution in [0.2, 0.25) is 0 Å². The number of hydrogen-bond acceptors (Lipinski definition) is 7. The minimum atomic E-state index is -0.452. The van der Waals surface area contributed by atoms with Gasteiger partial charge in [0.1, 0.15) is 5.82 Å². The lowest BCUT2D eigenvalue weighted by atomic mass is 9.92. The Morgan fingerprint density at radius 2 is 1.97 bits per heavy atom. The third kappa shape index (κ3) is 4.08. The first-order chi connectivity index (χ1) is 17.3. The van der Waals surface area contributed by atoms with Crippen LogP contribution < -0.4 is 10.2 Å². The van der Waals surface area contributed by atoms with E-state index in [1.54, 1.807) is 0 Å². The topological polar surface area (TPSA) is 87.2 Å². The molecule has 4 aliphatic rings. The zero-order valence-electron chi connectivity index (χ0n) is 21.6. The maximum Gasteiger partial charge on any atom is 0.229 e. The number of ether oxygens (including phenoxy) is 2. The SMILES string of the molecule is Cc1cc2cnc(NC(=O)[C@H]3CC34CCOCC4)cc2cc1N1CCN([C@]2(C)COC[C@@H]2O)[C@@H](C)C1. The molecule has 6 rings (SSSR count). The van der Waals surface area contributed by atoms with Crippen LogP contribution in [0, 0.1) is 18.3 Å². The Bertz CT molecular complexity index is 1170. The molecule has 0 bridgehead atoms. The number of carbonyl (C=O) groups is 1. The molecule has 2 aromatic rings. The summed E-state index contributed by atoms with van der Waals surface area (Å²) in [5.74, 6) is 0.793. The largest absolute Gasteiger partial charge is 0.389 e. The van der Waals surface area contributed by atoms with E-state index in [4.69, 9.17) is 9.47 Å². The summed E-state index contributed by atoms with van der Waals surface area (Å²) in [6.45, 7) is 11.7. The molecule has 3 aliphatic heterocycles. The summed E-state index contributed by atoms with van der Waals surface area (Å²) in [6, 6.07) is 6.71. The summed E-state index contributed by atoms with van der Waals surface area (Å²) in [5.41, 5.74) is 2.26. The van der Waals surface area contributed by atoms with Crippen molar-refractivity contribution in [1.82, 2.24) is 9.88 Å². The summed E-state index contributed by atoms with van der Waals surface area (Å²) in [7, 11) is 0. The smallest absolute Gasteiger partial charge is 0.229 e. The van der Waals surface area contributed by atoms with Gasteiger partial charge >= 0.3 is 0 Å². The Kier molecular flexibility index (Phi) is 5.98. The molecule has 3 saturated heterocycles. The molecule has 1 aliphatic carbocycles. The highest BCUT2D eigenvalue weighted by Crippen LogP contribution is 2.59. The molecule has 194 valence electrons. The van der Waals surface area contributed by atoms with Crippen molar-refractivity contribution in [3.8, 4) is 0 Å². The Morgan fingerprint density at radius 3 is 2.69 bits per heavy atom. The maximum absolute atomic E-state index is 12.9. The van der Waals surface area contributed by atoms with Gasteiger partial charge in [-0.15, -0.1) is 0 Å². The van der Waals surface area contributed by atoms with Crippen molar-refractivity contribution < 1.29 is 19.4 Å². The van der Waals surface area contributed by atoms with Gasteiger partial charge in [0.15, 0.2) is 0 Å². The van der Waals surface area contributed by atoms with E-state index < -0.39 is 6.10 Å². The monoisotopic (exact) mass is 494 g/mol. The minimum absolute atomic E-state index is 0.0795. The highest BCUT2D eigenvalue weighted by Gasteiger charge is 2.58. The standard InChI is InChI=1S/C28H38N4O4/c1-18-10-21-14-29-25(30-26(34)22-13-28(22)4-8-35-9-5-28)12-20(21)11-23(18)31-6-7-32(19(2)15-31)27(3)17-36-16-24(27)33/h10-12,14,19,22,24,33H,4-9,13,15-17H2,1-3H3,(H,29,30,34)/t19-,22+,24-,27+/m0/s1. The summed E-state index contributed by atoms with van der Waals surface area (Å²) >= 11 is 0. The number of nitrogens with one attached hydrogen (secondary N) is 1. The van der Waals surface area contributed by atoms with Gasteiger partial charge in [-0.05, 0) is 74.6 Å². The van der Waals surface area contributed by atoms with E-state index in [1.807, 2.05) is 12.3 Å². The van der Waals surface area contributed by atoms with E-state index in [0.717, 1.165) is 62.9 Å². The number of anilines is 2. The molecule has 8 heteroatoms. The molecule has 1 spiro atoms. The van der Waals surface area contributed by atoms with E-state index >= 15 is 0 Å². The number of amides is 1. The van der Waals surface area contributed by atoms with E-state index in [-0.39, 0.29) is 22.8 Å². The molecule has 0 radical (unpaired) electrons. The number of aliphatic hydroxyl groups is 1. The predicted octanol–water partition coefficient (Wildman–Crippen LogP) is 2.96. The second-order valence-corrected chi connectivity index (χ2v) is 11.7. The number of hydrogen-bond donors (Lipinski definition) is 2. The molecule has 4 heterocycles. The number of pyridine rings is 1. The average molecular weight is 495 g/mol. The van der Waals surface area contributed by atoms with E-state index in [2.05, 4.69) is 53.0 Å². The number of aliphatic hydroxyl groups excluding tert-OH is 1. The number of fused-ring (bicyclic) bond motifs is 1. The third-order valence-electron chi connectivity index (χ3n) is 9.29. The van der Waals surface area contributed by atoms with Gasteiger partial charge in [-0.1, -0.05) is 0 Å².